The van der Waals surface area contributed by atoms with Gasteiger partial charge in [0.05, 0.1) is 12.2 Å². The minimum atomic E-state index is 0.575. The minimum Gasteiger partial charge on any atom is -0.360 e. The molecule has 1 saturated carbocycles. The summed E-state index contributed by atoms with van der Waals surface area (Å²) in [6.45, 7) is 3.94. The molecule has 108 valence electrons. The Kier molecular flexibility index (Phi) is 5.73. The van der Waals surface area contributed by atoms with Crippen LogP contribution in [0, 0.1) is 0 Å². The lowest BCUT2D eigenvalue weighted by Crippen LogP contribution is -2.28. The van der Waals surface area contributed by atoms with E-state index in [9.17, 15) is 0 Å². The molecule has 1 unspecified atom stereocenters. The van der Waals surface area contributed by atoms with Crippen molar-refractivity contribution < 1.29 is 4.52 Å². The van der Waals surface area contributed by atoms with Gasteiger partial charge in [0, 0.05) is 24.7 Å². The van der Waals surface area contributed by atoms with Crippen LogP contribution >= 0.6 is 11.8 Å². The van der Waals surface area contributed by atoms with E-state index in [1.807, 2.05) is 11.8 Å². The molecule has 19 heavy (non-hydrogen) atoms. The maximum absolute atomic E-state index is 5.41. The minimum absolute atomic E-state index is 0.575. The van der Waals surface area contributed by atoms with Crippen LogP contribution in [0.15, 0.2) is 10.6 Å². The van der Waals surface area contributed by atoms with E-state index in [0.717, 1.165) is 30.6 Å². The highest BCUT2D eigenvalue weighted by Gasteiger charge is 2.20. The summed E-state index contributed by atoms with van der Waals surface area (Å²) in [4.78, 5) is 2.33. The van der Waals surface area contributed by atoms with Crippen molar-refractivity contribution in [1.82, 2.24) is 15.4 Å². The first-order valence-corrected chi connectivity index (χ1v) is 8.45. The van der Waals surface area contributed by atoms with Gasteiger partial charge in [-0.05, 0) is 45.2 Å². The monoisotopic (exact) mass is 283 g/mol. The van der Waals surface area contributed by atoms with Gasteiger partial charge in [-0.25, -0.2) is 0 Å². The van der Waals surface area contributed by atoms with Gasteiger partial charge in [-0.15, -0.1) is 0 Å². The highest BCUT2D eigenvalue weighted by atomic mass is 32.2. The quantitative estimate of drug-likeness (QED) is 0.754. The van der Waals surface area contributed by atoms with Gasteiger partial charge in [0.2, 0.25) is 0 Å². The zero-order chi connectivity index (χ0) is 13.7. The fourth-order valence-electron chi connectivity index (χ4n) is 1.96. The van der Waals surface area contributed by atoms with E-state index in [2.05, 4.69) is 41.7 Å². The zero-order valence-electron chi connectivity index (χ0n) is 12.2. The molecular weight excluding hydrogens is 258 g/mol. The molecule has 1 aromatic rings. The van der Waals surface area contributed by atoms with Crippen molar-refractivity contribution in [3.63, 3.8) is 0 Å². The average Bonchev–Trinajstić information content (AvgIpc) is 3.13. The number of hydrogen-bond donors (Lipinski definition) is 1. The molecule has 4 nitrogen and oxygen atoms in total. The zero-order valence-corrected chi connectivity index (χ0v) is 13.0. The molecule has 1 aliphatic carbocycles. The molecule has 0 spiro atoms. The van der Waals surface area contributed by atoms with Crippen molar-refractivity contribution in [2.24, 2.45) is 0 Å². The van der Waals surface area contributed by atoms with E-state index in [4.69, 9.17) is 4.52 Å². The van der Waals surface area contributed by atoms with Gasteiger partial charge in [0.15, 0.2) is 5.76 Å². The molecule has 0 amide bonds. The van der Waals surface area contributed by atoms with Crippen LogP contribution in [0.1, 0.15) is 37.6 Å². The molecule has 0 bridgehead atoms. The summed E-state index contributed by atoms with van der Waals surface area (Å²) < 4.78 is 5.41. The molecule has 1 N–H and O–H groups in total. The van der Waals surface area contributed by atoms with E-state index in [1.54, 1.807) is 0 Å². The molecule has 0 aliphatic heterocycles. The fourth-order valence-corrected chi connectivity index (χ4v) is 2.54. The maximum atomic E-state index is 5.41. The number of thioether (sulfide) groups is 1. The lowest BCUT2D eigenvalue weighted by atomic mass is 10.2. The van der Waals surface area contributed by atoms with Gasteiger partial charge >= 0.3 is 0 Å². The van der Waals surface area contributed by atoms with Gasteiger partial charge in [0.1, 0.15) is 0 Å². The summed E-state index contributed by atoms with van der Waals surface area (Å²) in [5.41, 5.74) is 1.02. The second kappa shape index (κ2) is 7.31. The third-order valence-electron chi connectivity index (χ3n) is 3.65. The van der Waals surface area contributed by atoms with Crippen molar-refractivity contribution in [1.29, 1.82) is 0 Å². The molecule has 0 radical (unpaired) electrons. The molecule has 1 heterocycles. The molecule has 2 rings (SSSR count). The van der Waals surface area contributed by atoms with E-state index in [1.165, 1.54) is 25.0 Å². The summed E-state index contributed by atoms with van der Waals surface area (Å²) in [5.74, 6) is 2.17. The number of nitrogens with zero attached hydrogens (tertiary/aromatic N) is 2. The predicted molar refractivity (Wildman–Crippen MR) is 80.3 cm³/mol. The van der Waals surface area contributed by atoms with Gasteiger partial charge in [-0.2, -0.15) is 11.8 Å². The van der Waals surface area contributed by atoms with Crippen molar-refractivity contribution in [3.05, 3.63) is 17.5 Å². The lowest BCUT2D eigenvalue weighted by Gasteiger charge is -2.22. The molecular formula is C14H25N3OS. The number of rotatable bonds is 9. The Morgan fingerprint density at radius 1 is 1.58 bits per heavy atom. The fraction of sp³-hybridized carbons (Fsp3) is 0.786. The Morgan fingerprint density at radius 2 is 2.37 bits per heavy atom. The summed E-state index contributed by atoms with van der Waals surface area (Å²) >= 11 is 1.90. The van der Waals surface area contributed by atoms with Crippen molar-refractivity contribution >= 4 is 11.8 Å². The van der Waals surface area contributed by atoms with Gasteiger partial charge in [0.25, 0.3) is 0 Å². The Balaban J connectivity index is 1.74. The predicted octanol–water partition coefficient (Wildman–Crippen LogP) is 2.50. The normalized spacial score (nSPS) is 17.1. The van der Waals surface area contributed by atoms with Crippen LogP contribution < -0.4 is 5.32 Å². The first-order chi connectivity index (χ1) is 9.19. The maximum Gasteiger partial charge on any atom is 0.151 e. The average molecular weight is 283 g/mol. The number of aromatic nitrogens is 1. The standard InChI is InChI=1S/C14H25N3OS/c1-11(6-7-19-3)17(2)10-14-8-13(16-18-14)9-15-12-4-5-12/h8,11-12,15H,4-7,9-10H2,1-3H3. The van der Waals surface area contributed by atoms with E-state index in [0.29, 0.717) is 6.04 Å². The number of hydrogen-bond acceptors (Lipinski definition) is 5. The summed E-state index contributed by atoms with van der Waals surface area (Å²) in [6.07, 6.45) is 5.98. The third-order valence-corrected chi connectivity index (χ3v) is 4.30. The highest BCUT2D eigenvalue weighted by Crippen LogP contribution is 2.19. The van der Waals surface area contributed by atoms with Crippen LogP contribution in [0.2, 0.25) is 0 Å². The van der Waals surface area contributed by atoms with Crippen LogP contribution in [0.3, 0.4) is 0 Å². The van der Waals surface area contributed by atoms with Crippen LogP contribution in [0.25, 0.3) is 0 Å². The smallest absolute Gasteiger partial charge is 0.151 e. The van der Waals surface area contributed by atoms with Gasteiger partial charge in [-0.3, -0.25) is 4.90 Å². The first-order valence-electron chi connectivity index (χ1n) is 7.06. The van der Waals surface area contributed by atoms with Crippen LogP contribution in [-0.4, -0.2) is 41.2 Å². The summed E-state index contributed by atoms with van der Waals surface area (Å²) in [7, 11) is 2.15. The largest absolute Gasteiger partial charge is 0.360 e. The molecule has 1 fully saturated rings. The Morgan fingerprint density at radius 3 is 3.05 bits per heavy atom. The summed E-state index contributed by atoms with van der Waals surface area (Å²) in [6, 6.07) is 3.37. The third kappa shape index (κ3) is 5.16. The molecule has 1 atom stereocenters. The Bertz CT molecular complexity index is 379. The Labute approximate surface area is 120 Å². The van der Waals surface area contributed by atoms with Gasteiger partial charge in [-0.1, -0.05) is 5.16 Å². The second-order valence-corrected chi connectivity index (χ2v) is 6.47. The van der Waals surface area contributed by atoms with Gasteiger partial charge < -0.3 is 9.84 Å². The number of nitrogens with one attached hydrogen (secondary N) is 1. The van der Waals surface area contributed by atoms with Crippen LogP contribution in [0.4, 0.5) is 0 Å². The van der Waals surface area contributed by atoms with Crippen molar-refractivity contribution in [3.8, 4) is 0 Å². The molecule has 1 aliphatic rings. The summed E-state index contributed by atoms with van der Waals surface area (Å²) in [5, 5.41) is 7.57. The molecule has 0 aromatic carbocycles. The molecule has 1 aromatic heterocycles. The first kappa shape index (κ1) is 14.9. The highest BCUT2D eigenvalue weighted by molar-refractivity contribution is 7.98. The second-order valence-electron chi connectivity index (χ2n) is 5.49. The van der Waals surface area contributed by atoms with Crippen LogP contribution in [-0.2, 0) is 13.1 Å². The SMILES string of the molecule is CSCCC(C)N(C)Cc1cc(CNC2CC2)no1. The Hall–Kier alpha value is -0.520. The molecule has 5 heteroatoms. The molecule has 0 saturated heterocycles. The van der Waals surface area contributed by atoms with E-state index < -0.39 is 0 Å². The van der Waals surface area contributed by atoms with E-state index in [-0.39, 0.29) is 0 Å². The van der Waals surface area contributed by atoms with Crippen molar-refractivity contribution in [2.45, 2.75) is 51.4 Å². The van der Waals surface area contributed by atoms with E-state index >= 15 is 0 Å². The lowest BCUT2D eigenvalue weighted by molar-refractivity contribution is 0.215. The van der Waals surface area contributed by atoms with Crippen LogP contribution in [0.5, 0.6) is 0 Å². The topological polar surface area (TPSA) is 41.3 Å². The van der Waals surface area contributed by atoms with Crippen molar-refractivity contribution in [2.75, 3.05) is 19.1 Å².